The lowest BCUT2D eigenvalue weighted by Crippen LogP contribution is -2.07. The van der Waals surface area contributed by atoms with Crippen molar-refractivity contribution in [3.63, 3.8) is 0 Å². The van der Waals surface area contributed by atoms with Crippen molar-refractivity contribution in [3.05, 3.63) is 81.7 Å². The van der Waals surface area contributed by atoms with Gasteiger partial charge in [-0.1, -0.05) is 54.1 Å². The third kappa shape index (κ3) is 5.06. The number of ether oxygens (including phenoxy) is 1. The summed E-state index contributed by atoms with van der Waals surface area (Å²) in [7, 11) is 0. The van der Waals surface area contributed by atoms with Gasteiger partial charge in [-0.25, -0.2) is 0 Å². The Bertz CT molecular complexity index is 930. The molecule has 0 radical (unpaired) electrons. The number of benzene rings is 2. The Labute approximate surface area is 167 Å². The first-order valence-corrected chi connectivity index (χ1v) is 9.87. The van der Waals surface area contributed by atoms with Gasteiger partial charge < -0.3 is 4.74 Å². The Balaban J connectivity index is 1.91. The van der Waals surface area contributed by atoms with Crippen molar-refractivity contribution in [3.8, 4) is 10.4 Å². The number of carbonyl (C=O) groups is 2. The summed E-state index contributed by atoms with van der Waals surface area (Å²) >= 11 is 7.39. The van der Waals surface area contributed by atoms with Crippen LogP contribution < -0.4 is 0 Å². The Hall–Kier alpha value is -2.43. The molecule has 3 rings (SSSR count). The Morgan fingerprint density at radius 2 is 1.70 bits per heavy atom. The van der Waals surface area contributed by atoms with Gasteiger partial charge >= 0.3 is 5.97 Å². The van der Waals surface area contributed by atoms with Crippen LogP contribution in [0.15, 0.2) is 60.7 Å². The molecule has 3 aromatic rings. The van der Waals surface area contributed by atoms with Gasteiger partial charge in [-0.05, 0) is 41.8 Å². The number of hydrogen-bond acceptors (Lipinski definition) is 4. The van der Waals surface area contributed by atoms with Crippen LogP contribution in [0.3, 0.4) is 0 Å². The molecule has 0 N–H and O–H groups in total. The fourth-order valence-electron chi connectivity index (χ4n) is 2.78. The summed E-state index contributed by atoms with van der Waals surface area (Å²) in [5.41, 5.74) is 2.70. The highest BCUT2D eigenvalue weighted by atomic mass is 35.5. The lowest BCUT2D eigenvalue weighted by molar-refractivity contribution is -0.142. The zero-order valence-electron chi connectivity index (χ0n) is 14.9. The molecule has 0 fully saturated rings. The van der Waals surface area contributed by atoms with E-state index in [1.54, 1.807) is 19.1 Å². The van der Waals surface area contributed by atoms with E-state index in [9.17, 15) is 9.59 Å². The molecule has 138 valence electrons. The minimum Gasteiger partial charge on any atom is -0.466 e. The van der Waals surface area contributed by atoms with E-state index in [0.717, 1.165) is 21.6 Å². The molecule has 0 bridgehead atoms. The summed E-state index contributed by atoms with van der Waals surface area (Å²) in [6, 6.07) is 18.8. The molecule has 0 aliphatic heterocycles. The number of halogens is 1. The fourth-order valence-corrected chi connectivity index (χ4v) is 4.03. The number of ketones is 1. The highest BCUT2D eigenvalue weighted by Gasteiger charge is 2.19. The maximum absolute atomic E-state index is 12.7. The smallest absolute Gasteiger partial charge is 0.310 e. The number of esters is 1. The van der Waals surface area contributed by atoms with E-state index in [0.29, 0.717) is 22.9 Å². The zero-order chi connectivity index (χ0) is 19.2. The lowest BCUT2D eigenvalue weighted by atomic mass is 10.0. The van der Waals surface area contributed by atoms with Gasteiger partial charge in [0.1, 0.15) is 0 Å². The lowest BCUT2D eigenvalue weighted by Gasteiger charge is -2.04. The van der Waals surface area contributed by atoms with Crippen LogP contribution in [-0.2, 0) is 22.4 Å². The van der Waals surface area contributed by atoms with Crippen molar-refractivity contribution in [2.45, 2.75) is 19.8 Å². The van der Waals surface area contributed by atoms with Crippen molar-refractivity contribution in [1.82, 2.24) is 0 Å². The van der Waals surface area contributed by atoms with E-state index < -0.39 is 0 Å². The second-order valence-corrected chi connectivity index (χ2v) is 7.53. The zero-order valence-corrected chi connectivity index (χ0v) is 16.5. The van der Waals surface area contributed by atoms with Crippen LogP contribution in [0, 0.1) is 0 Å². The van der Waals surface area contributed by atoms with Crippen LogP contribution in [0.4, 0.5) is 0 Å². The summed E-state index contributed by atoms with van der Waals surface area (Å²) in [4.78, 5) is 26.3. The number of Topliss-reactive ketones (excluding diaryl/α,β-unsaturated/α-hetero) is 1. The Morgan fingerprint density at radius 1 is 1.00 bits per heavy atom. The first kappa shape index (κ1) is 19.3. The third-order valence-corrected chi connectivity index (χ3v) is 5.56. The van der Waals surface area contributed by atoms with E-state index in [2.05, 4.69) is 0 Å². The van der Waals surface area contributed by atoms with Gasteiger partial charge in [0.25, 0.3) is 0 Å². The number of hydrogen-bond donors (Lipinski definition) is 0. The van der Waals surface area contributed by atoms with E-state index >= 15 is 0 Å². The van der Waals surface area contributed by atoms with Crippen molar-refractivity contribution >= 4 is 34.7 Å². The van der Waals surface area contributed by atoms with Crippen LogP contribution in [-0.4, -0.2) is 18.4 Å². The van der Waals surface area contributed by atoms with Crippen molar-refractivity contribution in [1.29, 1.82) is 0 Å². The molecular weight excluding hydrogens is 380 g/mol. The van der Waals surface area contributed by atoms with E-state index in [1.807, 2.05) is 48.5 Å². The topological polar surface area (TPSA) is 43.4 Å². The number of rotatable bonds is 7. The van der Waals surface area contributed by atoms with Crippen LogP contribution in [0.5, 0.6) is 0 Å². The van der Waals surface area contributed by atoms with E-state index in [-0.39, 0.29) is 18.2 Å². The van der Waals surface area contributed by atoms with Crippen LogP contribution in [0.1, 0.15) is 27.7 Å². The molecule has 0 saturated carbocycles. The molecule has 27 heavy (non-hydrogen) atoms. The molecular formula is C22H19ClO3S. The fraction of sp³-hybridized carbons (Fsp3) is 0.182. The van der Waals surface area contributed by atoms with Gasteiger partial charge in [-0.15, -0.1) is 11.3 Å². The average molecular weight is 399 g/mol. The third-order valence-electron chi connectivity index (χ3n) is 4.04. The average Bonchev–Trinajstić information content (AvgIpc) is 3.07. The van der Waals surface area contributed by atoms with Crippen molar-refractivity contribution < 1.29 is 14.3 Å². The molecule has 0 spiro atoms. The highest BCUT2D eigenvalue weighted by Crippen LogP contribution is 2.34. The molecule has 0 saturated heterocycles. The first-order chi connectivity index (χ1) is 13.1. The van der Waals surface area contributed by atoms with Crippen LogP contribution in [0.25, 0.3) is 10.4 Å². The van der Waals surface area contributed by atoms with Crippen molar-refractivity contribution in [2.24, 2.45) is 0 Å². The maximum atomic E-state index is 12.7. The van der Waals surface area contributed by atoms with Gasteiger partial charge in [0.05, 0.1) is 17.9 Å². The number of carbonyl (C=O) groups excluding carboxylic acids is 2. The van der Waals surface area contributed by atoms with E-state index in [1.165, 1.54) is 11.3 Å². The summed E-state index contributed by atoms with van der Waals surface area (Å²) in [6.07, 6.45) is 0.473. The monoisotopic (exact) mass is 398 g/mol. The Morgan fingerprint density at radius 3 is 2.37 bits per heavy atom. The second-order valence-electron chi connectivity index (χ2n) is 6.04. The minimum absolute atomic E-state index is 0.0384. The van der Waals surface area contributed by atoms with Gasteiger partial charge in [-0.3, -0.25) is 9.59 Å². The van der Waals surface area contributed by atoms with Gasteiger partial charge in [0, 0.05) is 16.3 Å². The SMILES string of the molecule is CCOC(=O)Cc1cc(C(=O)Cc2ccccc2)sc1-c1ccc(Cl)cc1. The molecule has 0 unspecified atom stereocenters. The van der Waals surface area contributed by atoms with E-state index in [4.69, 9.17) is 16.3 Å². The molecule has 3 nitrogen and oxygen atoms in total. The summed E-state index contributed by atoms with van der Waals surface area (Å²) in [5, 5.41) is 0.641. The minimum atomic E-state index is -0.299. The largest absolute Gasteiger partial charge is 0.466 e. The second kappa shape index (κ2) is 8.98. The summed E-state index contributed by atoms with van der Waals surface area (Å²) < 4.78 is 5.08. The standard InChI is InChI=1S/C22H19ClO3S/c1-2-26-21(25)14-17-13-20(19(24)12-15-6-4-3-5-7-15)27-22(17)16-8-10-18(23)11-9-16/h3-11,13H,2,12,14H2,1H3. The predicted octanol–water partition coefficient (Wildman–Crippen LogP) is 5.60. The summed E-state index contributed by atoms with van der Waals surface area (Å²) in [6.45, 7) is 2.11. The molecule has 2 aromatic carbocycles. The quantitative estimate of drug-likeness (QED) is 0.384. The van der Waals surface area contributed by atoms with Gasteiger partial charge in [0.15, 0.2) is 5.78 Å². The highest BCUT2D eigenvalue weighted by molar-refractivity contribution is 7.17. The Kier molecular flexibility index (Phi) is 6.43. The predicted molar refractivity (Wildman–Crippen MR) is 110 cm³/mol. The molecule has 1 heterocycles. The normalized spacial score (nSPS) is 10.6. The molecule has 0 amide bonds. The summed E-state index contributed by atoms with van der Waals surface area (Å²) in [5.74, 6) is -0.260. The molecule has 0 aliphatic rings. The first-order valence-electron chi connectivity index (χ1n) is 8.68. The van der Waals surface area contributed by atoms with Crippen LogP contribution >= 0.6 is 22.9 Å². The molecule has 0 aliphatic carbocycles. The van der Waals surface area contributed by atoms with Gasteiger partial charge in [0.2, 0.25) is 0 Å². The molecule has 5 heteroatoms. The van der Waals surface area contributed by atoms with Crippen LogP contribution in [0.2, 0.25) is 5.02 Å². The van der Waals surface area contributed by atoms with Crippen molar-refractivity contribution in [2.75, 3.05) is 6.61 Å². The maximum Gasteiger partial charge on any atom is 0.310 e. The molecule has 0 atom stereocenters. The van der Waals surface area contributed by atoms with Gasteiger partial charge in [-0.2, -0.15) is 0 Å². The molecule has 1 aromatic heterocycles. The number of thiophene rings is 1.